The van der Waals surface area contributed by atoms with Crippen molar-refractivity contribution in [1.82, 2.24) is 4.98 Å². The largest absolute Gasteiger partial charge is 0.320 e. The van der Waals surface area contributed by atoms with Gasteiger partial charge in [-0.15, -0.1) is 11.3 Å². The second-order valence-electron chi connectivity index (χ2n) is 4.64. The molecule has 2 aromatic rings. The van der Waals surface area contributed by atoms with Crippen molar-refractivity contribution in [1.29, 1.82) is 0 Å². The van der Waals surface area contributed by atoms with Gasteiger partial charge in [-0.25, -0.2) is 4.98 Å². The fourth-order valence-electron chi connectivity index (χ4n) is 1.83. The molecule has 1 aromatic carbocycles. The highest BCUT2D eigenvalue weighted by Gasteiger charge is 2.14. The zero-order valence-electron chi connectivity index (χ0n) is 11.5. The molecule has 0 aliphatic carbocycles. The molecule has 0 aliphatic rings. The van der Waals surface area contributed by atoms with Gasteiger partial charge in [-0.2, -0.15) is 0 Å². The Morgan fingerprint density at radius 3 is 2.85 bits per heavy atom. The van der Waals surface area contributed by atoms with Crippen molar-refractivity contribution in [2.75, 3.05) is 5.32 Å². The summed E-state index contributed by atoms with van der Waals surface area (Å²) in [6.07, 6.45) is 2.71. The van der Waals surface area contributed by atoms with E-state index in [1.54, 1.807) is 0 Å². The van der Waals surface area contributed by atoms with Crippen LogP contribution in [-0.4, -0.2) is 16.9 Å². The second-order valence-corrected chi connectivity index (χ2v) is 5.50. The minimum absolute atomic E-state index is 0.160. The zero-order valence-corrected chi connectivity index (χ0v) is 12.3. The zero-order chi connectivity index (χ0) is 14.4. The van der Waals surface area contributed by atoms with E-state index in [9.17, 15) is 4.79 Å². The number of nitrogens with zero attached hydrogens (tertiary/aromatic N) is 1. The Balaban J connectivity index is 1.98. The van der Waals surface area contributed by atoms with Gasteiger partial charge in [0.1, 0.15) is 0 Å². The van der Waals surface area contributed by atoms with Gasteiger partial charge in [0, 0.05) is 10.9 Å². The van der Waals surface area contributed by atoms with Crippen LogP contribution in [-0.2, 0) is 4.79 Å². The van der Waals surface area contributed by atoms with E-state index in [0.29, 0.717) is 11.6 Å². The van der Waals surface area contributed by atoms with Gasteiger partial charge in [0.05, 0.1) is 11.7 Å². The Morgan fingerprint density at radius 2 is 2.15 bits per heavy atom. The molecule has 1 atom stereocenters. The van der Waals surface area contributed by atoms with E-state index in [2.05, 4.69) is 17.2 Å². The molecule has 2 rings (SSSR count). The third-order valence-corrected chi connectivity index (χ3v) is 3.77. The molecular formula is C15H19N3OS. The van der Waals surface area contributed by atoms with Crippen molar-refractivity contribution in [3.05, 3.63) is 35.7 Å². The highest BCUT2D eigenvalue weighted by atomic mass is 32.1. The average Bonchev–Trinajstić information content (AvgIpc) is 2.94. The number of carbonyl (C=O) groups is 1. The fourth-order valence-corrected chi connectivity index (χ4v) is 2.55. The van der Waals surface area contributed by atoms with Gasteiger partial charge in [0.15, 0.2) is 5.13 Å². The number of benzene rings is 1. The molecule has 0 bridgehead atoms. The third kappa shape index (κ3) is 3.88. The van der Waals surface area contributed by atoms with Gasteiger partial charge in [-0.05, 0) is 6.42 Å². The lowest BCUT2D eigenvalue weighted by molar-refractivity contribution is -0.117. The van der Waals surface area contributed by atoms with Crippen LogP contribution in [0, 0.1) is 0 Å². The maximum absolute atomic E-state index is 11.9. The van der Waals surface area contributed by atoms with Crippen LogP contribution in [0.2, 0.25) is 0 Å². The van der Waals surface area contributed by atoms with Gasteiger partial charge < -0.3 is 11.1 Å². The quantitative estimate of drug-likeness (QED) is 0.857. The number of aromatic nitrogens is 1. The molecule has 20 heavy (non-hydrogen) atoms. The number of anilines is 1. The molecule has 0 aliphatic heterocycles. The summed E-state index contributed by atoms with van der Waals surface area (Å²) in [6, 6.07) is 9.42. The maximum Gasteiger partial charge on any atom is 0.243 e. The van der Waals surface area contributed by atoms with E-state index in [-0.39, 0.29) is 5.91 Å². The Bertz CT molecular complexity index is 553. The van der Waals surface area contributed by atoms with Crippen LogP contribution < -0.4 is 11.1 Å². The van der Waals surface area contributed by atoms with Crippen molar-refractivity contribution in [3.8, 4) is 11.3 Å². The molecule has 0 fully saturated rings. The number of rotatable bonds is 6. The lowest BCUT2D eigenvalue weighted by Gasteiger charge is -2.09. The lowest BCUT2D eigenvalue weighted by atomic mass is 10.1. The summed E-state index contributed by atoms with van der Waals surface area (Å²) in [4.78, 5) is 16.3. The van der Waals surface area contributed by atoms with E-state index in [1.165, 1.54) is 11.3 Å². The maximum atomic E-state index is 11.9. The fraction of sp³-hybridized carbons (Fsp3) is 0.333. The first-order chi connectivity index (χ1) is 9.70. The van der Waals surface area contributed by atoms with Crippen LogP contribution in [0.25, 0.3) is 11.3 Å². The van der Waals surface area contributed by atoms with Crippen LogP contribution in [0.5, 0.6) is 0 Å². The molecule has 1 aromatic heterocycles. The van der Waals surface area contributed by atoms with Crippen LogP contribution in [0.15, 0.2) is 35.7 Å². The number of carbonyl (C=O) groups excluding carboxylic acids is 1. The summed E-state index contributed by atoms with van der Waals surface area (Å²) < 4.78 is 0. The number of thiazole rings is 1. The highest BCUT2D eigenvalue weighted by molar-refractivity contribution is 7.14. The molecule has 1 amide bonds. The minimum atomic E-state index is -0.459. The molecule has 3 N–H and O–H groups in total. The van der Waals surface area contributed by atoms with E-state index in [4.69, 9.17) is 5.73 Å². The first kappa shape index (κ1) is 14.7. The number of nitrogens with one attached hydrogen (secondary N) is 1. The summed E-state index contributed by atoms with van der Waals surface area (Å²) in [7, 11) is 0. The molecule has 1 heterocycles. The average molecular weight is 289 g/mol. The molecule has 5 heteroatoms. The predicted octanol–water partition coefficient (Wildman–Crippen LogP) is 3.27. The number of nitrogens with two attached hydrogens (primary N) is 1. The summed E-state index contributed by atoms with van der Waals surface area (Å²) in [5, 5.41) is 5.32. The topological polar surface area (TPSA) is 68.0 Å². The minimum Gasteiger partial charge on any atom is -0.320 e. The molecule has 106 valence electrons. The van der Waals surface area contributed by atoms with Crippen LogP contribution >= 0.6 is 11.3 Å². The Labute approximate surface area is 123 Å². The second kappa shape index (κ2) is 7.17. The van der Waals surface area contributed by atoms with Crippen molar-refractivity contribution in [3.63, 3.8) is 0 Å². The third-order valence-electron chi connectivity index (χ3n) is 3.01. The van der Waals surface area contributed by atoms with Crippen LogP contribution in [0.4, 0.5) is 5.13 Å². The molecule has 0 unspecified atom stereocenters. The molecule has 0 saturated carbocycles. The van der Waals surface area contributed by atoms with Gasteiger partial charge in [-0.3, -0.25) is 4.79 Å². The van der Waals surface area contributed by atoms with E-state index in [0.717, 1.165) is 24.1 Å². The van der Waals surface area contributed by atoms with Gasteiger partial charge >= 0.3 is 0 Å². The van der Waals surface area contributed by atoms with Gasteiger partial charge in [-0.1, -0.05) is 50.1 Å². The SMILES string of the molecule is CCCC[C@H](N)C(=O)Nc1nc(-c2ccccc2)cs1. The van der Waals surface area contributed by atoms with E-state index >= 15 is 0 Å². The first-order valence-corrected chi connectivity index (χ1v) is 7.66. The number of amides is 1. The molecule has 0 spiro atoms. The molecule has 0 radical (unpaired) electrons. The first-order valence-electron chi connectivity index (χ1n) is 6.78. The Morgan fingerprint density at radius 1 is 1.40 bits per heavy atom. The van der Waals surface area contributed by atoms with E-state index < -0.39 is 6.04 Å². The Kier molecular flexibility index (Phi) is 5.26. The smallest absolute Gasteiger partial charge is 0.243 e. The molecule has 4 nitrogen and oxygen atoms in total. The van der Waals surface area contributed by atoms with Crippen molar-refractivity contribution in [2.24, 2.45) is 5.73 Å². The highest BCUT2D eigenvalue weighted by Crippen LogP contribution is 2.24. The molecular weight excluding hydrogens is 270 g/mol. The van der Waals surface area contributed by atoms with Crippen LogP contribution in [0.1, 0.15) is 26.2 Å². The number of unbranched alkanes of at least 4 members (excludes halogenated alkanes) is 1. The molecule has 0 saturated heterocycles. The Hall–Kier alpha value is -1.72. The van der Waals surface area contributed by atoms with Crippen molar-refractivity contribution in [2.45, 2.75) is 32.2 Å². The van der Waals surface area contributed by atoms with E-state index in [1.807, 2.05) is 35.7 Å². The lowest BCUT2D eigenvalue weighted by Crippen LogP contribution is -2.35. The standard InChI is InChI=1S/C15H19N3OS/c1-2-3-9-12(16)14(19)18-15-17-13(10-20-15)11-7-5-4-6-8-11/h4-8,10,12H,2-3,9,16H2,1H3,(H,17,18,19)/t12-/m0/s1. The summed E-state index contributed by atoms with van der Waals surface area (Å²) in [5.74, 6) is -0.160. The summed E-state index contributed by atoms with van der Waals surface area (Å²) >= 11 is 1.42. The van der Waals surface area contributed by atoms with Gasteiger partial charge in [0.25, 0.3) is 0 Å². The van der Waals surface area contributed by atoms with Gasteiger partial charge in [0.2, 0.25) is 5.91 Å². The normalized spacial score (nSPS) is 12.1. The van der Waals surface area contributed by atoms with Crippen molar-refractivity contribution < 1.29 is 4.79 Å². The summed E-state index contributed by atoms with van der Waals surface area (Å²) in [5.41, 5.74) is 7.74. The van der Waals surface area contributed by atoms with Crippen molar-refractivity contribution >= 4 is 22.4 Å². The monoisotopic (exact) mass is 289 g/mol. The number of hydrogen-bond acceptors (Lipinski definition) is 4. The predicted molar refractivity (Wildman–Crippen MR) is 83.7 cm³/mol. The van der Waals surface area contributed by atoms with Crippen LogP contribution in [0.3, 0.4) is 0 Å². The number of hydrogen-bond donors (Lipinski definition) is 2. The summed E-state index contributed by atoms with van der Waals surface area (Å²) in [6.45, 7) is 2.08.